The summed E-state index contributed by atoms with van der Waals surface area (Å²) >= 11 is 0. The third-order valence-corrected chi connectivity index (χ3v) is 3.70. The molecule has 1 fully saturated rings. The Labute approximate surface area is 122 Å². The summed E-state index contributed by atoms with van der Waals surface area (Å²) in [5.41, 5.74) is 0. The fourth-order valence-electron chi connectivity index (χ4n) is 2.77. The molecule has 1 saturated heterocycles. The molecule has 2 heterocycles. The van der Waals surface area contributed by atoms with E-state index in [1.54, 1.807) is 0 Å². The Morgan fingerprint density at radius 2 is 2.30 bits per heavy atom. The average molecular weight is 277 g/mol. The number of hydrogen-bond acceptors (Lipinski definition) is 4. The molecule has 0 aromatic carbocycles. The van der Waals surface area contributed by atoms with Crippen molar-refractivity contribution in [1.82, 2.24) is 10.3 Å². The summed E-state index contributed by atoms with van der Waals surface area (Å²) in [6, 6.07) is 6.06. The monoisotopic (exact) mass is 277 g/mol. The Bertz CT molecular complexity index is 391. The summed E-state index contributed by atoms with van der Waals surface area (Å²) in [5, 5.41) is 3.49. The number of rotatable bonds is 7. The molecule has 0 radical (unpaired) electrons. The van der Waals surface area contributed by atoms with Gasteiger partial charge in [-0.25, -0.2) is 0 Å². The summed E-state index contributed by atoms with van der Waals surface area (Å²) in [6.07, 6.45) is 3.75. The first kappa shape index (κ1) is 15.1. The number of nitrogens with one attached hydrogen (secondary N) is 1. The van der Waals surface area contributed by atoms with Crippen LogP contribution in [0.25, 0.3) is 0 Å². The van der Waals surface area contributed by atoms with Crippen LogP contribution >= 0.6 is 0 Å². The maximum atomic E-state index is 5.51. The summed E-state index contributed by atoms with van der Waals surface area (Å²) in [7, 11) is 0. The van der Waals surface area contributed by atoms with E-state index in [1.807, 2.05) is 19.1 Å². The van der Waals surface area contributed by atoms with E-state index in [1.165, 1.54) is 19.4 Å². The van der Waals surface area contributed by atoms with Crippen LogP contribution < -0.4 is 15.0 Å². The number of ether oxygens (including phenoxy) is 1. The Hall–Kier alpha value is -1.29. The van der Waals surface area contributed by atoms with Gasteiger partial charge in [-0.15, -0.1) is 0 Å². The maximum absolute atomic E-state index is 5.51. The van der Waals surface area contributed by atoms with Gasteiger partial charge in [0.15, 0.2) is 0 Å². The van der Waals surface area contributed by atoms with Crippen LogP contribution in [0.15, 0.2) is 18.2 Å². The molecule has 0 spiro atoms. The van der Waals surface area contributed by atoms with Crippen LogP contribution in [0.2, 0.25) is 0 Å². The molecule has 2 rings (SSSR count). The van der Waals surface area contributed by atoms with Crippen molar-refractivity contribution < 1.29 is 4.74 Å². The Morgan fingerprint density at radius 3 is 3.00 bits per heavy atom. The molecule has 4 nitrogen and oxygen atoms in total. The first-order chi connectivity index (χ1) is 9.83. The summed E-state index contributed by atoms with van der Waals surface area (Å²) in [4.78, 5) is 7.03. The second kappa shape index (κ2) is 8.10. The highest BCUT2D eigenvalue weighted by Crippen LogP contribution is 2.20. The molecule has 1 N–H and O–H groups in total. The van der Waals surface area contributed by atoms with Crippen LogP contribution in [0.3, 0.4) is 0 Å². The van der Waals surface area contributed by atoms with E-state index in [9.17, 15) is 0 Å². The number of hydrogen-bond donors (Lipinski definition) is 1. The molecule has 1 aromatic heterocycles. The second-order valence-electron chi connectivity index (χ2n) is 5.43. The van der Waals surface area contributed by atoms with Gasteiger partial charge in [-0.1, -0.05) is 13.0 Å². The SMILES string of the molecule is CCCN(CC1CCCNC1)c1cccc(OCC)n1. The van der Waals surface area contributed by atoms with Gasteiger partial charge in [-0.3, -0.25) is 0 Å². The average Bonchev–Trinajstić information content (AvgIpc) is 2.49. The molecule has 1 aliphatic rings. The van der Waals surface area contributed by atoms with Crippen molar-refractivity contribution in [3.8, 4) is 5.88 Å². The molecule has 1 unspecified atom stereocenters. The van der Waals surface area contributed by atoms with Crippen LogP contribution in [0.5, 0.6) is 5.88 Å². The van der Waals surface area contributed by atoms with Gasteiger partial charge in [-0.05, 0) is 51.3 Å². The standard InChI is InChI=1S/C16H27N3O/c1-3-11-19(13-14-7-6-10-17-12-14)15-8-5-9-16(18-15)20-4-2/h5,8-9,14,17H,3-4,6-7,10-13H2,1-2H3. The van der Waals surface area contributed by atoms with E-state index in [2.05, 4.69) is 28.2 Å². The maximum Gasteiger partial charge on any atom is 0.215 e. The summed E-state index contributed by atoms with van der Waals surface area (Å²) in [5.74, 6) is 2.50. The van der Waals surface area contributed by atoms with Crippen molar-refractivity contribution in [1.29, 1.82) is 0 Å². The molecule has 20 heavy (non-hydrogen) atoms. The highest BCUT2D eigenvalue weighted by molar-refractivity contribution is 5.40. The largest absolute Gasteiger partial charge is 0.478 e. The molecular formula is C16H27N3O. The predicted molar refractivity (Wildman–Crippen MR) is 83.5 cm³/mol. The molecule has 1 aromatic rings. The van der Waals surface area contributed by atoms with Gasteiger partial charge in [0, 0.05) is 19.2 Å². The quantitative estimate of drug-likeness (QED) is 0.831. The smallest absolute Gasteiger partial charge is 0.215 e. The number of aromatic nitrogens is 1. The van der Waals surface area contributed by atoms with E-state index in [4.69, 9.17) is 4.74 Å². The van der Waals surface area contributed by atoms with Crippen LogP contribution in [0, 0.1) is 5.92 Å². The molecule has 0 aliphatic carbocycles. The van der Waals surface area contributed by atoms with Crippen LogP contribution in [0.1, 0.15) is 33.1 Å². The van der Waals surface area contributed by atoms with E-state index in [-0.39, 0.29) is 0 Å². The van der Waals surface area contributed by atoms with Gasteiger partial charge >= 0.3 is 0 Å². The highest BCUT2D eigenvalue weighted by atomic mass is 16.5. The molecule has 112 valence electrons. The first-order valence-electron chi connectivity index (χ1n) is 7.89. The molecule has 1 atom stereocenters. The lowest BCUT2D eigenvalue weighted by Crippen LogP contribution is -2.39. The number of nitrogens with zero attached hydrogens (tertiary/aromatic N) is 2. The number of anilines is 1. The van der Waals surface area contributed by atoms with Crippen molar-refractivity contribution in [2.75, 3.05) is 37.7 Å². The van der Waals surface area contributed by atoms with Crippen molar-refractivity contribution in [3.63, 3.8) is 0 Å². The van der Waals surface area contributed by atoms with Gasteiger partial charge in [0.05, 0.1) is 6.61 Å². The zero-order valence-corrected chi connectivity index (χ0v) is 12.8. The molecule has 0 saturated carbocycles. The second-order valence-corrected chi connectivity index (χ2v) is 5.43. The summed E-state index contributed by atoms with van der Waals surface area (Å²) in [6.45, 7) is 9.32. The Kier molecular flexibility index (Phi) is 6.12. The number of piperidine rings is 1. The molecule has 1 aliphatic heterocycles. The lowest BCUT2D eigenvalue weighted by Gasteiger charge is -2.31. The van der Waals surface area contributed by atoms with Crippen molar-refractivity contribution in [2.24, 2.45) is 5.92 Å². The third kappa shape index (κ3) is 4.37. The van der Waals surface area contributed by atoms with E-state index in [0.29, 0.717) is 6.61 Å². The minimum Gasteiger partial charge on any atom is -0.478 e. The number of pyridine rings is 1. The highest BCUT2D eigenvalue weighted by Gasteiger charge is 2.18. The topological polar surface area (TPSA) is 37.4 Å². The van der Waals surface area contributed by atoms with Crippen molar-refractivity contribution in [3.05, 3.63) is 18.2 Å². The fourth-order valence-corrected chi connectivity index (χ4v) is 2.77. The van der Waals surface area contributed by atoms with Gasteiger partial charge in [0.1, 0.15) is 5.82 Å². The zero-order valence-electron chi connectivity index (χ0n) is 12.8. The van der Waals surface area contributed by atoms with E-state index in [0.717, 1.165) is 43.7 Å². The lowest BCUT2D eigenvalue weighted by atomic mass is 9.99. The van der Waals surface area contributed by atoms with E-state index < -0.39 is 0 Å². The van der Waals surface area contributed by atoms with Gasteiger partial charge in [0.2, 0.25) is 5.88 Å². The van der Waals surface area contributed by atoms with Crippen LogP contribution in [-0.4, -0.2) is 37.8 Å². The minimum absolute atomic E-state index is 0.663. The first-order valence-corrected chi connectivity index (χ1v) is 7.89. The molecule has 0 amide bonds. The van der Waals surface area contributed by atoms with Crippen molar-refractivity contribution >= 4 is 5.82 Å². The van der Waals surface area contributed by atoms with Gasteiger partial charge in [0.25, 0.3) is 0 Å². The molecular weight excluding hydrogens is 250 g/mol. The normalized spacial score (nSPS) is 18.8. The third-order valence-electron chi connectivity index (χ3n) is 3.70. The van der Waals surface area contributed by atoms with Gasteiger partial charge < -0.3 is 15.0 Å². The van der Waals surface area contributed by atoms with Crippen molar-refractivity contribution in [2.45, 2.75) is 33.1 Å². The minimum atomic E-state index is 0.663. The fraction of sp³-hybridized carbons (Fsp3) is 0.688. The summed E-state index contributed by atoms with van der Waals surface area (Å²) < 4.78 is 5.51. The Morgan fingerprint density at radius 1 is 1.40 bits per heavy atom. The molecule has 0 bridgehead atoms. The van der Waals surface area contributed by atoms with Gasteiger partial charge in [-0.2, -0.15) is 4.98 Å². The lowest BCUT2D eigenvalue weighted by molar-refractivity contribution is 0.326. The molecule has 4 heteroatoms. The van der Waals surface area contributed by atoms with Crippen LogP contribution in [0.4, 0.5) is 5.82 Å². The predicted octanol–water partition coefficient (Wildman–Crippen LogP) is 2.70. The van der Waals surface area contributed by atoms with Crippen LogP contribution in [-0.2, 0) is 0 Å². The van der Waals surface area contributed by atoms with E-state index >= 15 is 0 Å². The zero-order chi connectivity index (χ0) is 14.2. The Balaban J connectivity index is 2.04.